The molecule has 0 unspecified atom stereocenters. The van der Waals surface area contributed by atoms with Crippen molar-refractivity contribution >= 4 is 70.9 Å². The Kier molecular flexibility index (Phi) is 4.42. The van der Waals surface area contributed by atoms with Gasteiger partial charge in [-0.2, -0.15) is 0 Å². The number of pyridine rings is 1. The van der Waals surface area contributed by atoms with Crippen LogP contribution in [0.2, 0.25) is 0 Å². The molecule has 10 rings (SSSR count). The minimum absolute atomic E-state index is 0.982. The lowest BCUT2D eigenvalue weighted by Crippen LogP contribution is -1.95. The number of benzene rings is 6. The van der Waals surface area contributed by atoms with E-state index in [-0.39, 0.29) is 0 Å². The van der Waals surface area contributed by atoms with Crippen LogP contribution in [0.15, 0.2) is 146 Å². The first-order chi connectivity index (χ1) is 21.4. The first-order valence-electron chi connectivity index (χ1n) is 14.7. The minimum Gasteiger partial charge on any atom is -0.309 e. The minimum atomic E-state index is 0.982. The number of fused-ring (bicyclic) bond motifs is 13. The summed E-state index contributed by atoms with van der Waals surface area (Å²) in [6, 6.07) is 48.2. The van der Waals surface area contributed by atoms with Gasteiger partial charge in [0.15, 0.2) is 0 Å². The molecule has 4 heteroatoms. The molecule has 0 aliphatic heterocycles. The smallest absolute Gasteiger partial charge is 0.145 e. The van der Waals surface area contributed by atoms with Gasteiger partial charge in [-0.25, -0.2) is 4.98 Å². The van der Waals surface area contributed by atoms with Crippen molar-refractivity contribution in [3.8, 4) is 11.4 Å². The third kappa shape index (κ3) is 2.97. The average Bonchev–Trinajstić information content (AvgIpc) is 3.77. The zero-order valence-electron chi connectivity index (χ0n) is 23.1. The third-order valence-electron chi connectivity index (χ3n) is 9.07. The molecule has 0 aliphatic carbocycles. The van der Waals surface area contributed by atoms with Crippen LogP contribution < -0.4 is 0 Å². The molecule has 4 nitrogen and oxygen atoms in total. The van der Waals surface area contributed by atoms with Crippen molar-refractivity contribution < 1.29 is 0 Å². The summed E-state index contributed by atoms with van der Waals surface area (Å²) in [5.74, 6) is 0. The van der Waals surface area contributed by atoms with E-state index in [0.29, 0.717) is 0 Å². The Morgan fingerprint density at radius 2 is 1.02 bits per heavy atom. The molecule has 0 bridgehead atoms. The zero-order chi connectivity index (χ0) is 28.1. The Morgan fingerprint density at radius 1 is 0.419 bits per heavy atom. The predicted octanol–water partition coefficient (Wildman–Crippen LogP) is 9.83. The molecule has 10 aromatic rings. The monoisotopic (exact) mass is 548 g/mol. The molecule has 0 fully saturated rings. The number of hydrogen-bond acceptors (Lipinski definition) is 1. The SMILES string of the molecule is c1ccc(-n2c3ccccc3c3cc4c(cc32)c2c(ccc3c5ccccc5c5nccn5c32)n4-c2ccccc2)cc1. The van der Waals surface area contributed by atoms with Gasteiger partial charge in [-0.1, -0.05) is 84.9 Å². The molecular formula is C39H24N4. The molecule has 0 radical (unpaired) electrons. The average molecular weight is 549 g/mol. The molecule has 0 atom stereocenters. The number of rotatable bonds is 2. The van der Waals surface area contributed by atoms with E-state index in [4.69, 9.17) is 4.98 Å². The number of imidazole rings is 1. The lowest BCUT2D eigenvalue weighted by molar-refractivity contribution is 1.17. The predicted molar refractivity (Wildman–Crippen MR) is 179 cm³/mol. The van der Waals surface area contributed by atoms with Gasteiger partial charge >= 0.3 is 0 Å². The van der Waals surface area contributed by atoms with Gasteiger partial charge in [0.05, 0.1) is 27.6 Å². The zero-order valence-corrected chi connectivity index (χ0v) is 23.1. The summed E-state index contributed by atoms with van der Waals surface area (Å²) < 4.78 is 7.12. The molecule has 0 amide bonds. The fourth-order valence-corrected chi connectivity index (χ4v) is 7.33. The Balaban J connectivity index is 1.50. The van der Waals surface area contributed by atoms with Gasteiger partial charge in [0.1, 0.15) is 5.65 Å². The Morgan fingerprint density at radius 3 is 1.79 bits per heavy atom. The Hall–Kier alpha value is -5.87. The molecule has 43 heavy (non-hydrogen) atoms. The second-order valence-corrected chi connectivity index (χ2v) is 11.3. The molecule has 0 saturated heterocycles. The van der Waals surface area contributed by atoms with Gasteiger partial charge in [-0.3, -0.25) is 4.40 Å². The van der Waals surface area contributed by atoms with E-state index < -0.39 is 0 Å². The summed E-state index contributed by atoms with van der Waals surface area (Å²) in [7, 11) is 0. The van der Waals surface area contributed by atoms with Crippen molar-refractivity contribution in [2.75, 3.05) is 0 Å². The summed E-state index contributed by atoms with van der Waals surface area (Å²) in [5.41, 5.74) is 9.26. The maximum atomic E-state index is 4.83. The van der Waals surface area contributed by atoms with E-state index in [1.807, 2.05) is 6.20 Å². The number of nitrogens with zero attached hydrogens (tertiary/aromatic N) is 4. The number of aromatic nitrogens is 4. The fourth-order valence-electron chi connectivity index (χ4n) is 7.33. The maximum absolute atomic E-state index is 4.83. The molecular weight excluding hydrogens is 524 g/mol. The highest BCUT2D eigenvalue weighted by atomic mass is 15.0. The molecule has 4 heterocycles. The third-order valence-corrected chi connectivity index (χ3v) is 9.07. The quantitative estimate of drug-likeness (QED) is 0.198. The van der Waals surface area contributed by atoms with E-state index in [0.717, 1.165) is 22.4 Å². The summed E-state index contributed by atoms with van der Waals surface area (Å²) >= 11 is 0. The van der Waals surface area contributed by atoms with E-state index in [1.54, 1.807) is 0 Å². The van der Waals surface area contributed by atoms with E-state index >= 15 is 0 Å². The van der Waals surface area contributed by atoms with Gasteiger partial charge in [0, 0.05) is 56.1 Å². The van der Waals surface area contributed by atoms with Crippen LogP contribution in [0.4, 0.5) is 0 Å². The first-order valence-corrected chi connectivity index (χ1v) is 14.7. The van der Waals surface area contributed by atoms with Crippen LogP contribution in [-0.2, 0) is 0 Å². The molecule has 4 aromatic heterocycles. The standard InChI is InChI=1S/C39H24N4/c1-3-11-25(12-4-1)42-33-18-10-9-16-28(33)31-23-36-32(24-35(31)42)37-34(43(36)26-13-5-2-6-14-26)20-19-29-27-15-7-8-17-30(27)39-40-21-22-41(39)38(29)37/h1-24H. The van der Waals surface area contributed by atoms with Gasteiger partial charge in [-0.05, 0) is 53.9 Å². The molecule has 0 saturated carbocycles. The van der Waals surface area contributed by atoms with Crippen LogP contribution in [0.1, 0.15) is 0 Å². The van der Waals surface area contributed by atoms with E-state index in [9.17, 15) is 0 Å². The maximum Gasteiger partial charge on any atom is 0.145 e. The van der Waals surface area contributed by atoms with Crippen molar-refractivity contribution in [1.29, 1.82) is 0 Å². The molecule has 0 spiro atoms. The van der Waals surface area contributed by atoms with Gasteiger partial charge in [0.25, 0.3) is 0 Å². The van der Waals surface area contributed by atoms with Crippen LogP contribution in [0, 0.1) is 0 Å². The highest BCUT2D eigenvalue weighted by Crippen LogP contribution is 2.43. The summed E-state index contributed by atoms with van der Waals surface area (Å²) in [6.45, 7) is 0. The lowest BCUT2D eigenvalue weighted by Gasteiger charge is -2.11. The largest absolute Gasteiger partial charge is 0.309 e. The highest BCUT2D eigenvalue weighted by Gasteiger charge is 2.21. The molecule has 200 valence electrons. The topological polar surface area (TPSA) is 27.2 Å². The van der Waals surface area contributed by atoms with Crippen molar-refractivity contribution in [1.82, 2.24) is 18.5 Å². The number of hydrogen-bond donors (Lipinski definition) is 0. The van der Waals surface area contributed by atoms with Gasteiger partial charge in [0.2, 0.25) is 0 Å². The van der Waals surface area contributed by atoms with Crippen molar-refractivity contribution in [3.63, 3.8) is 0 Å². The van der Waals surface area contributed by atoms with E-state index in [1.165, 1.54) is 59.9 Å². The summed E-state index contributed by atoms with van der Waals surface area (Å²) in [5, 5.41) is 8.56. The second-order valence-electron chi connectivity index (χ2n) is 11.3. The summed E-state index contributed by atoms with van der Waals surface area (Å²) in [4.78, 5) is 4.83. The van der Waals surface area contributed by atoms with Crippen molar-refractivity contribution in [2.45, 2.75) is 0 Å². The van der Waals surface area contributed by atoms with Crippen LogP contribution >= 0.6 is 0 Å². The normalized spacial score (nSPS) is 12.2. The fraction of sp³-hybridized carbons (Fsp3) is 0. The molecule has 0 N–H and O–H groups in total. The van der Waals surface area contributed by atoms with Crippen LogP contribution in [0.3, 0.4) is 0 Å². The Labute approximate surface area is 246 Å². The highest BCUT2D eigenvalue weighted by molar-refractivity contribution is 6.28. The number of para-hydroxylation sites is 3. The van der Waals surface area contributed by atoms with Crippen LogP contribution in [-0.4, -0.2) is 18.5 Å². The van der Waals surface area contributed by atoms with E-state index in [2.05, 4.69) is 153 Å². The van der Waals surface area contributed by atoms with Crippen molar-refractivity contribution in [3.05, 3.63) is 146 Å². The lowest BCUT2D eigenvalue weighted by atomic mass is 10.0. The Bertz CT molecular complexity index is 2710. The van der Waals surface area contributed by atoms with Gasteiger partial charge < -0.3 is 9.13 Å². The van der Waals surface area contributed by atoms with Gasteiger partial charge in [-0.15, -0.1) is 0 Å². The van der Waals surface area contributed by atoms with Crippen LogP contribution in [0.25, 0.3) is 82.3 Å². The molecule has 6 aromatic carbocycles. The molecule has 0 aliphatic rings. The van der Waals surface area contributed by atoms with Crippen molar-refractivity contribution in [2.24, 2.45) is 0 Å². The summed E-state index contributed by atoms with van der Waals surface area (Å²) in [6.07, 6.45) is 4.02. The van der Waals surface area contributed by atoms with Crippen LogP contribution in [0.5, 0.6) is 0 Å². The second kappa shape index (κ2) is 8.34. The first kappa shape index (κ1) is 22.8.